The minimum Gasteiger partial charge on any atom is -0.297 e. The Bertz CT molecular complexity index is 515. The van der Waals surface area contributed by atoms with Gasteiger partial charge in [-0.25, -0.2) is 9.99 Å². The maximum absolute atomic E-state index is 11.2. The van der Waals surface area contributed by atoms with Crippen LogP contribution in [0, 0.1) is 17.0 Å². The first kappa shape index (κ1) is 14.9. The zero-order valence-corrected chi connectivity index (χ0v) is 12.5. The molecular weight excluding hydrogens is 282 g/mol. The van der Waals surface area contributed by atoms with Gasteiger partial charge in [0.1, 0.15) is 5.69 Å². The molecule has 110 valence electrons. The van der Waals surface area contributed by atoms with Crippen LogP contribution in [0.15, 0.2) is 0 Å². The highest BCUT2D eigenvalue weighted by Crippen LogP contribution is 2.30. The molecule has 1 N–H and O–H groups in total. The van der Waals surface area contributed by atoms with E-state index >= 15 is 0 Å². The molecule has 2 unspecified atom stereocenters. The van der Waals surface area contributed by atoms with Crippen molar-refractivity contribution in [3.63, 3.8) is 0 Å². The highest BCUT2D eigenvalue weighted by molar-refractivity contribution is 6.28. The van der Waals surface area contributed by atoms with E-state index in [1.54, 1.807) is 6.92 Å². The fourth-order valence-corrected chi connectivity index (χ4v) is 2.80. The van der Waals surface area contributed by atoms with Crippen molar-refractivity contribution >= 4 is 23.1 Å². The van der Waals surface area contributed by atoms with Crippen molar-refractivity contribution in [1.29, 1.82) is 0 Å². The summed E-state index contributed by atoms with van der Waals surface area (Å²) in [6, 6.07) is 0.569. The minimum absolute atomic E-state index is 0.00733. The van der Waals surface area contributed by atoms with Crippen LogP contribution in [-0.2, 0) is 0 Å². The molecule has 0 aromatic carbocycles. The Kier molecular flexibility index (Phi) is 4.39. The molecule has 2 heterocycles. The molecule has 1 saturated heterocycles. The number of nitrogens with one attached hydrogen (secondary N) is 1. The fraction of sp³-hybridized carbons (Fsp3) is 0.667. The Morgan fingerprint density at radius 2 is 1.95 bits per heavy atom. The summed E-state index contributed by atoms with van der Waals surface area (Å²) in [4.78, 5) is 18.5. The number of hydrogen-bond acceptors (Lipinski definition) is 6. The van der Waals surface area contributed by atoms with Gasteiger partial charge in [-0.3, -0.25) is 15.5 Å². The van der Waals surface area contributed by atoms with Gasteiger partial charge in [0.2, 0.25) is 11.1 Å². The van der Waals surface area contributed by atoms with Gasteiger partial charge in [0, 0.05) is 12.1 Å². The van der Waals surface area contributed by atoms with Crippen LogP contribution in [0.1, 0.15) is 38.8 Å². The van der Waals surface area contributed by atoms with Crippen LogP contribution in [0.25, 0.3) is 0 Å². The number of aromatic nitrogens is 2. The molecule has 7 nitrogen and oxygen atoms in total. The summed E-state index contributed by atoms with van der Waals surface area (Å²) in [6.07, 6.45) is 3.25. The molecule has 1 aromatic rings. The van der Waals surface area contributed by atoms with Crippen molar-refractivity contribution in [3.05, 3.63) is 21.1 Å². The molecule has 0 aliphatic carbocycles. The topological polar surface area (TPSA) is 84.2 Å². The third-order valence-corrected chi connectivity index (χ3v) is 3.81. The standard InChI is InChI=1S/C12H18ClN5O2/c1-7-5-4-6-8(2)17(7)16-11-10(18(19)20)9(3)14-12(13)15-11/h7-8H,4-6H2,1-3H3,(H,14,15,16). The van der Waals surface area contributed by atoms with Crippen molar-refractivity contribution < 1.29 is 4.92 Å². The van der Waals surface area contributed by atoms with E-state index in [2.05, 4.69) is 29.2 Å². The van der Waals surface area contributed by atoms with E-state index in [1.807, 2.05) is 5.01 Å². The van der Waals surface area contributed by atoms with Crippen LogP contribution in [0.5, 0.6) is 0 Å². The monoisotopic (exact) mass is 299 g/mol. The number of piperidine rings is 1. The average Bonchev–Trinajstić information content (AvgIpc) is 2.32. The van der Waals surface area contributed by atoms with E-state index in [0.29, 0.717) is 0 Å². The molecule has 0 amide bonds. The van der Waals surface area contributed by atoms with Gasteiger partial charge in [-0.05, 0) is 45.2 Å². The lowest BCUT2D eigenvalue weighted by Gasteiger charge is -2.38. The summed E-state index contributed by atoms with van der Waals surface area (Å²) in [7, 11) is 0. The molecule has 0 spiro atoms. The van der Waals surface area contributed by atoms with Gasteiger partial charge in [-0.1, -0.05) is 6.42 Å². The summed E-state index contributed by atoms with van der Waals surface area (Å²) >= 11 is 5.81. The van der Waals surface area contributed by atoms with Crippen LogP contribution in [0.2, 0.25) is 5.28 Å². The molecule has 1 aliphatic heterocycles. The SMILES string of the molecule is Cc1nc(Cl)nc(NN2C(C)CCCC2C)c1[N+](=O)[O-]. The lowest BCUT2D eigenvalue weighted by Crippen LogP contribution is -2.47. The highest BCUT2D eigenvalue weighted by Gasteiger charge is 2.29. The first-order chi connectivity index (χ1) is 9.40. The number of rotatable bonds is 3. The molecule has 0 radical (unpaired) electrons. The van der Waals surface area contributed by atoms with Crippen molar-refractivity contribution in [2.24, 2.45) is 0 Å². The van der Waals surface area contributed by atoms with E-state index in [1.165, 1.54) is 0 Å². The van der Waals surface area contributed by atoms with Gasteiger partial charge in [-0.15, -0.1) is 0 Å². The summed E-state index contributed by atoms with van der Waals surface area (Å²) in [5, 5.41) is 13.2. The number of nitro groups is 1. The molecule has 1 aromatic heterocycles. The molecule has 0 saturated carbocycles. The Labute approximate surface area is 122 Å². The predicted octanol–water partition coefficient (Wildman–Crippen LogP) is 2.94. The van der Waals surface area contributed by atoms with Gasteiger partial charge in [0.05, 0.1) is 4.92 Å². The van der Waals surface area contributed by atoms with E-state index in [0.717, 1.165) is 19.3 Å². The van der Waals surface area contributed by atoms with Crippen LogP contribution in [0.3, 0.4) is 0 Å². The number of nitrogens with zero attached hydrogens (tertiary/aromatic N) is 4. The number of anilines is 1. The maximum atomic E-state index is 11.2. The second kappa shape index (κ2) is 5.88. The normalized spacial score (nSPS) is 23.6. The van der Waals surface area contributed by atoms with Crippen LogP contribution < -0.4 is 5.43 Å². The Balaban J connectivity index is 2.34. The lowest BCUT2D eigenvalue weighted by molar-refractivity contribution is -0.385. The first-order valence-electron chi connectivity index (χ1n) is 6.63. The molecule has 1 aliphatic rings. The summed E-state index contributed by atoms with van der Waals surface area (Å²) < 4.78 is 0. The average molecular weight is 300 g/mol. The van der Waals surface area contributed by atoms with Crippen LogP contribution in [-0.4, -0.2) is 32.0 Å². The lowest BCUT2D eigenvalue weighted by atomic mass is 10.00. The molecule has 1 fully saturated rings. The highest BCUT2D eigenvalue weighted by atomic mass is 35.5. The van der Waals surface area contributed by atoms with Gasteiger partial charge < -0.3 is 0 Å². The van der Waals surface area contributed by atoms with Gasteiger partial charge in [0.15, 0.2) is 0 Å². The van der Waals surface area contributed by atoms with Gasteiger partial charge in [0.25, 0.3) is 0 Å². The Hall–Kier alpha value is -1.47. The largest absolute Gasteiger partial charge is 0.333 e. The van der Waals surface area contributed by atoms with Crippen molar-refractivity contribution in [3.8, 4) is 0 Å². The second-order valence-electron chi connectivity index (χ2n) is 5.18. The third-order valence-electron chi connectivity index (χ3n) is 3.64. The predicted molar refractivity (Wildman–Crippen MR) is 76.7 cm³/mol. The van der Waals surface area contributed by atoms with E-state index in [9.17, 15) is 10.1 Å². The Morgan fingerprint density at radius 1 is 1.35 bits per heavy atom. The fourth-order valence-electron chi connectivity index (χ4n) is 2.59. The number of halogens is 1. The van der Waals surface area contributed by atoms with Gasteiger partial charge >= 0.3 is 5.69 Å². The smallest absolute Gasteiger partial charge is 0.297 e. The summed E-state index contributed by atoms with van der Waals surface area (Å²) in [5.41, 5.74) is 3.20. The number of hydrazine groups is 1. The summed E-state index contributed by atoms with van der Waals surface area (Å²) in [5.74, 6) is 0.160. The van der Waals surface area contributed by atoms with Crippen molar-refractivity contribution in [1.82, 2.24) is 15.0 Å². The van der Waals surface area contributed by atoms with Crippen LogP contribution in [0.4, 0.5) is 11.5 Å². The molecule has 0 bridgehead atoms. The minimum atomic E-state index is -0.479. The van der Waals surface area contributed by atoms with Crippen LogP contribution >= 0.6 is 11.6 Å². The maximum Gasteiger partial charge on any atom is 0.333 e. The molecule has 20 heavy (non-hydrogen) atoms. The van der Waals surface area contributed by atoms with E-state index < -0.39 is 4.92 Å². The zero-order chi connectivity index (χ0) is 14.9. The Morgan fingerprint density at radius 3 is 2.50 bits per heavy atom. The third kappa shape index (κ3) is 2.99. The zero-order valence-electron chi connectivity index (χ0n) is 11.8. The first-order valence-corrected chi connectivity index (χ1v) is 7.01. The molecule has 2 atom stereocenters. The quantitative estimate of drug-likeness (QED) is 0.525. The van der Waals surface area contributed by atoms with Gasteiger partial charge in [-0.2, -0.15) is 4.98 Å². The number of hydrogen-bond donors (Lipinski definition) is 1. The summed E-state index contributed by atoms with van der Waals surface area (Å²) in [6.45, 7) is 5.73. The molecular formula is C12H18ClN5O2. The van der Waals surface area contributed by atoms with E-state index in [4.69, 9.17) is 11.6 Å². The second-order valence-corrected chi connectivity index (χ2v) is 5.52. The number of aryl methyl sites for hydroxylation is 1. The van der Waals surface area contributed by atoms with Crippen molar-refractivity contribution in [2.75, 3.05) is 5.43 Å². The molecule has 2 rings (SSSR count). The van der Waals surface area contributed by atoms with Crippen molar-refractivity contribution in [2.45, 2.75) is 52.1 Å². The van der Waals surface area contributed by atoms with E-state index in [-0.39, 0.29) is 34.6 Å². The molecule has 8 heteroatoms.